The molecule has 1 saturated heterocycles. The van der Waals surface area contributed by atoms with Crippen molar-refractivity contribution in [2.75, 3.05) is 65.6 Å². The molecule has 2 heterocycles. The van der Waals surface area contributed by atoms with Gasteiger partial charge in [-0.05, 0) is 112 Å². The lowest BCUT2D eigenvalue weighted by atomic mass is 9.86. The van der Waals surface area contributed by atoms with Gasteiger partial charge in [0.2, 0.25) is 0 Å². The number of likely N-dealkylation sites (tertiary alicyclic amines) is 1. The molecule has 9 heteroatoms. The number of piperidine rings is 1. The normalized spacial score (nSPS) is 15.5. The summed E-state index contributed by atoms with van der Waals surface area (Å²) in [5.74, 6) is 2.78. The highest BCUT2D eigenvalue weighted by Crippen LogP contribution is 2.47. The number of fused-ring (bicyclic) bond motifs is 1. The Labute approximate surface area is 316 Å². The van der Waals surface area contributed by atoms with Crippen molar-refractivity contribution >= 4 is 23.0 Å². The molecule has 2 aliphatic rings. The first-order valence-corrected chi connectivity index (χ1v) is 19.7. The van der Waals surface area contributed by atoms with Crippen LogP contribution in [0.2, 0.25) is 0 Å². The average Bonchev–Trinajstić information content (AvgIpc) is 3.20. The second-order valence-electron chi connectivity index (χ2n) is 13.9. The van der Waals surface area contributed by atoms with Crippen LogP contribution in [0.3, 0.4) is 0 Å². The van der Waals surface area contributed by atoms with Crippen LogP contribution in [0, 0.1) is 0 Å². The number of hydrogen-bond acceptors (Lipinski definition) is 7. The van der Waals surface area contributed by atoms with Gasteiger partial charge < -0.3 is 33.6 Å². The van der Waals surface area contributed by atoms with Gasteiger partial charge >= 0.3 is 0 Å². The Kier molecular flexibility index (Phi) is 15.0. The van der Waals surface area contributed by atoms with Crippen molar-refractivity contribution in [3.63, 3.8) is 0 Å². The number of allylic oxidation sites excluding steroid dienone is 1. The van der Waals surface area contributed by atoms with Gasteiger partial charge in [0.15, 0.2) is 13.2 Å². The number of ether oxygens (including phenoxy) is 4. The molecule has 0 saturated carbocycles. The standard InChI is InChI=1S/C44H59N3O6/c1-6-10-25-45(8-3)28-29-50-36-20-16-35(17-21-36)44-43(34-14-18-37(19-15-34)51-31-41(48)46(9-4)24-7-2)33(5)39-23-22-38(30-40(39)53-44)52-32-42(49)47-26-12-11-13-27-47/h14-23,30,44H,6-13,24-29,31-32H2,1-5H3/t44-/m0/s1. The third-order valence-corrected chi connectivity index (χ3v) is 10.2. The maximum absolute atomic E-state index is 12.8. The summed E-state index contributed by atoms with van der Waals surface area (Å²) in [5, 5.41) is 0. The summed E-state index contributed by atoms with van der Waals surface area (Å²) in [7, 11) is 0. The number of unbranched alkanes of at least 4 members (excludes halogenated alkanes) is 1. The quantitative estimate of drug-likeness (QED) is 0.123. The van der Waals surface area contributed by atoms with Crippen LogP contribution >= 0.6 is 0 Å². The van der Waals surface area contributed by atoms with Crippen molar-refractivity contribution in [2.24, 2.45) is 0 Å². The SMILES string of the molecule is CCCCN(CC)CCOc1ccc([C@@H]2Oc3cc(OCC(=O)N4CCCCC4)ccc3C(C)=C2c2ccc(OCC(=O)N(CC)CCC)cc2)cc1. The van der Waals surface area contributed by atoms with Gasteiger partial charge in [-0.1, -0.05) is 51.5 Å². The van der Waals surface area contributed by atoms with Crippen molar-refractivity contribution in [1.29, 1.82) is 0 Å². The maximum Gasteiger partial charge on any atom is 0.260 e. The molecule has 1 atom stereocenters. The Morgan fingerprint density at radius 1 is 0.755 bits per heavy atom. The fourth-order valence-corrected chi connectivity index (χ4v) is 7.05. The molecule has 286 valence electrons. The van der Waals surface area contributed by atoms with Crippen molar-refractivity contribution in [3.05, 3.63) is 83.4 Å². The van der Waals surface area contributed by atoms with Crippen molar-refractivity contribution in [1.82, 2.24) is 14.7 Å². The Balaban J connectivity index is 1.36. The summed E-state index contributed by atoms with van der Waals surface area (Å²) in [6.07, 6.45) is 6.14. The number of carbonyl (C=O) groups is 2. The lowest BCUT2D eigenvalue weighted by Crippen LogP contribution is -2.38. The topological polar surface area (TPSA) is 80.8 Å². The number of likely N-dealkylation sites (N-methyl/N-ethyl adjacent to an activating group) is 2. The van der Waals surface area contributed by atoms with Crippen molar-refractivity contribution < 1.29 is 28.5 Å². The van der Waals surface area contributed by atoms with E-state index in [4.69, 9.17) is 18.9 Å². The minimum atomic E-state index is -0.410. The zero-order chi connectivity index (χ0) is 37.6. The van der Waals surface area contributed by atoms with Gasteiger partial charge in [0.25, 0.3) is 11.8 Å². The molecule has 5 rings (SSSR count). The lowest BCUT2D eigenvalue weighted by molar-refractivity contribution is -0.134. The van der Waals surface area contributed by atoms with Gasteiger partial charge in [-0.15, -0.1) is 0 Å². The fourth-order valence-electron chi connectivity index (χ4n) is 7.05. The molecule has 0 bridgehead atoms. The summed E-state index contributed by atoms with van der Waals surface area (Å²) in [5.41, 5.74) is 5.08. The minimum Gasteiger partial charge on any atom is -0.492 e. The molecule has 0 aromatic heterocycles. The molecular weight excluding hydrogens is 666 g/mol. The molecule has 0 radical (unpaired) electrons. The average molecular weight is 726 g/mol. The summed E-state index contributed by atoms with van der Waals surface area (Å²) in [6.45, 7) is 17.2. The number of carbonyl (C=O) groups excluding carboxylic acids is 2. The summed E-state index contributed by atoms with van der Waals surface area (Å²) in [4.78, 5) is 31.6. The van der Waals surface area contributed by atoms with Crippen LogP contribution in [0.4, 0.5) is 0 Å². The van der Waals surface area contributed by atoms with Crippen molar-refractivity contribution in [3.8, 4) is 23.0 Å². The van der Waals surface area contributed by atoms with Crippen LogP contribution in [0.5, 0.6) is 23.0 Å². The van der Waals surface area contributed by atoms with E-state index < -0.39 is 6.10 Å². The first kappa shape index (κ1) is 39.7. The summed E-state index contributed by atoms with van der Waals surface area (Å²) < 4.78 is 24.9. The largest absolute Gasteiger partial charge is 0.492 e. The molecule has 1 fully saturated rings. The molecule has 53 heavy (non-hydrogen) atoms. The molecule has 0 N–H and O–H groups in total. The molecule has 3 aromatic rings. The van der Waals surface area contributed by atoms with E-state index in [2.05, 4.69) is 44.7 Å². The lowest BCUT2D eigenvalue weighted by Gasteiger charge is -2.31. The van der Waals surface area contributed by atoms with Gasteiger partial charge in [0, 0.05) is 49.9 Å². The Bertz CT molecular complexity index is 1650. The highest BCUT2D eigenvalue weighted by Gasteiger charge is 2.30. The Hall–Kier alpha value is -4.50. The summed E-state index contributed by atoms with van der Waals surface area (Å²) >= 11 is 0. The van der Waals surface area contributed by atoms with E-state index in [0.29, 0.717) is 30.4 Å². The maximum atomic E-state index is 12.8. The molecule has 3 aromatic carbocycles. The number of amides is 2. The first-order valence-electron chi connectivity index (χ1n) is 19.7. The van der Waals surface area contributed by atoms with E-state index in [1.165, 1.54) is 19.3 Å². The molecule has 0 aliphatic carbocycles. The van der Waals surface area contributed by atoms with E-state index in [1.54, 1.807) is 0 Å². The van der Waals surface area contributed by atoms with Gasteiger partial charge in [-0.3, -0.25) is 9.59 Å². The number of benzene rings is 3. The predicted octanol–water partition coefficient (Wildman–Crippen LogP) is 8.28. The van der Waals surface area contributed by atoms with E-state index in [9.17, 15) is 9.59 Å². The van der Waals surface area contributed by atoms with Crippen molar-refractivity contribution in [2.45, 2.75) is 79.2 Å². The highest BCUT2D eigenvalue weighted by atomic mass is 16.5. The van der Waals surface area contributed by atoms with Gasteiger partial charge in [-0.25, -0.2) is 0 Å². The second-order valence-corrected chi connectivity index (χ2v) is 13.9. The predicted molar refractivity (Wildman–Crippen MR) is 212 cm³/mol. The van der Waals surface area contributed by atoms with Crippen LogP contribution in [0.15, 0.2) is 66.7 Å². The van der Waals surface area contributed by atoms with E-state index >= 15 is 0 Å². The summed E-state index contributed by atoms with van der Waals surface area (Å²) in [6, 6.07) is 21.9. The molecule has 2 amide bonds. The Morgan fingerprint density at radius 3 is 2.11 bits per heavy atom. The third kappa shape index (κ3) is 10.8. The first-order chi connectivity index (χ1) is 25.8. The van der Waals surface area contributed by atoms with Crippen LogP contribution < -0.4 is 18.9 Å². The molecule has 2 aliphatic heterocycles. The zero-order valence-electron chi connectivity index (χ0n) is 32.5. The third-order valence-electron chi connectivity index (χ3n) is 10.2. The molecular formula is C44H59N3O6. The van der Waals surface area contributed by atoms with Crippen LogP contribution in [0.1, 0.15) is 95.9 Å². The number of rotatable bonds is 19. The van der Waals surface area contributed by atoms with Gasteiger partial charge in [-0.2, -0.15) is 0 Å². The fraction of sp³-hybridized carbons (Fsp3) is 0.500. The van der Waals surface area contributed by atoms with Gasteiger partial charge in [0.05, 0.1) is 0 Å². The number of nitrogens with zero attached hydrogens (tertiary/aromatic N) is 3. The van der Waals surface area contributed by atoms with Crippen LogP contribution in [-0.2, 0) is 9.59 Å². The number of hydrogen-bond donors (Lipinski definition) is 0. The van der Waals surface area contributed by atoms with Crippen LogP contribution in [-0.4, -0.2) is 92.1 Å². The highest BCUT2D eigenvalue weighted by molar-refractivity contribution is 5.95. The Morgan fingerprint density at radius 2 is 1.43 bits per heavy atom. The minimum absolute atomic E-state index is 0.00565. The van der Waals surface area contributed by atoms with E-state index in [1.807, 2.05) is 71.3 Å². The smallest absolute Gasteiger partial charge is 0.260 e. The van der Waals surface area contributed by atoms with Gasteiger partial charge in [0.1, 0.15) is 35.7 Å². The molecule has 0 unspecified atom stereocenters. The monoisotopic (exact) mass is 725 g/mol. The molecule has 9 nitrogen and oxygen atoms in total. The van der Waals surface area contributed by atoms with E-state index in [-0.39, 0.29) is 25.0 Å². The van der Waals surface area contributed by atoms with E-state index in [0.717, 1.165) is 92.1 Å². The zero-order valence-corrected chi connectivity index (χ0v) is 32.5. The van der Waals surface area contributed by atoms with Crippen LogP contribution in [0.25, 0.3) is 11.1 Å². The molecule has 0 spiro atoms. The second kappa shape index (κ2) is 20.1.